The molecule has 3 aromatic rings. The number of ether oxygens (including phenoxy) is 2. The van der Waals surface area contributed by atoms with Crippen LogP contribution in [0.5, 0.6) is 5.75 Å². The number of methoxy groups -OCH3 is 1. The SMILES string of the molecule is COCCCOc1cc(C)c(-c2csc(-c3cc(C(N)=O)ccn3)n2)c(C)c1. The van der Waals surface area contributed by atoms with Gasteiger partial charge in [-0.05, 0) is 49.2 Å². The molecule has 2 aromatic heterocycles. The topological polar surface area (TPSA) is 87.3 Å². The van der Waals surface area contributed by atoms with Gasteiger partial charge in [-0.3, -0.25) is 9.78 Å². The quantitative estimate of drug-likeness (QED) is 0.581. The van der Waals surface area contributed by atoms with Crippen molar-refractivity contribution in [2.24, 2.45) is 5.73 Å². The van der Waals surface area contributed by atoms with Gasteiger partial charge in [0.1, 0.15) is 10.8 Å². The summed E-state index contributed by atoms with van der Waals surface area (Å²) in [5.41, 5.74) is 10.6. The van der Waals surface area contributed by atoms with Crippen LogP contribution in [0.2, 0.25) is 0 Å². The third-order valence-electron chi connectivity index (χ3n) is 4.29. The fourth-order valence-corrected chi connectivity index (χ4v) is 3.79. The van der Waals surface area contributed by atoms with Crippen LogP contribution >= 0.6 is 11.3 Å². The molecule has 2 heterocycles. The van der Waals surface area contributed by atoms with E-state index in [2.05, 4.69) is 18.8 Å². The van der Waals surface area contributed by atoms with Gasteiger partial charge >= 0.3 is 0 Å². The Balaban J connectivity index is 1.85. The number of aromatic nitrogens is 2. The molecule has 0 bridgehead atoms. The van der Waals surface area contributed by atoms with E-state index in [1.807, 2.05) is 17.5 Å². The van der Waals surface area contributed by atoms with Crippen molar-refractivity contribution >= 4 is 17.2 Å². The van der Waals surface area contributed by atoms with Crippen LogP contribution in [0.1, 0.15) is 27.9 Å². The Morgan fingerprint density at radius 1 is 1.14 bits per heavy atom. The number of benzene rings is 1. The molecule has 0 aliphatic heterocycles. The minimum Gasteiger partial charge on any atom is -0.493 e. The van der Waals surface area contributed by atoms with Crippen LogP contribution in [0.3, 0.4) is 0 Å². The van der Waals surface area contributed by atoms with Gasteiger partial charge in [-0.2, -0.15) is 0 Å². The molecule has 0 aliphatic rings. The molecule has 2 N–H and O–H groups in total. The molecule has 0 unspecified atom stereocenters. The number of pyridine rings is 1. The number of carbonyl (C=O) groups excluding carboxylic acids is 1. The van der Waals surface area contributed by atoms with Crippen molar-refractivity contribution in [1.82, 2.24) is 9.97 Å². The first-order valence-corrected chi connectivity index (χ1v) is 9.82. The van der Waals surface area contributed by atoms with Gasteiger partial charge in [-0.25, -0.2) is 4.98 Å². The molecular formula is C21H23N3O3S. The second-order valence-corrected chi connectivity index (χ2v) is 7.32. The molecule has 0 aliphatic carbocycles. The van der Waals surface area contributed by atoms with Gasteiger partial charge in [-0.15, -0.1) is 11.3 Å². The van der Waals surface area contributed by atoms with Crippen molar-refractivity contribution in [3.63, 3.8) is 0 Å². The fourth-order valence-electron chi connectivity index (χ4n) is 3.01. The number of amides is 1. The standard InChI is InChI=1S/C21H23N3O3S/c1-13-9-16(27-8-4-7-26-3)10-14(2)19(13)18-12-28-21(24-18)17-11-15(20(22)25)5-6-23-17/h5-6,9-12H,4,7-8H2,1-3H3,(H2,22,25). The number of nitrogens with zero attached hydrogens (tertiary/aromatic N) is 2. The second kappa shape index (κ2) is 8.95. The van der Waals surface area contributed by atoms with Crippen molar-refractivity contribution in [1.29, 1.82) is 0 Å². The zero-order valence-corrected chi connectivity index (χ0v) is 17.0. The van der Waals surface area contributed by atoms with Gasteiger partial charge in [0, 0.05) is 42.8 Å². The molecule has 28 heavy (non-hydrogen) atoms. The highest BCUT2D eigenvalue weighted by Crippen LogP contribution is 2.34. The summed E-state index contributed by atoms with van der Waals surface area (Å²) in [5.74, 6) is 0.370. The van der Waals surface area contributed by atoms with E-state index in [0.29, 0.717) is 24.5 Å². The first-order chi connectivity index (χ1) is 13.5. The van der Waals surface area contributed by atoms with Gasteiger partial charge in [0.15, 0.2) is 0 Å². The van der Waals surface area contributed by atoms with Crippen LogP contribution < -0.4 is 10.5 Å². The lowest BCUT2D eigenvalue weighted by atomic mass is 10.00. The summed E-state index contributed by atoms with van der Waals surface area (Å²) < 4.78 is 10.9. The maximum absolute atomic E-state index is 11.4. The predicted octanol–water partition coefficient (Wildman–Crippen LogP) is 4.00. The number of primary amides is 1. The monoisotopic (exact) mass is 397 g/mol. The maximum atomic E-state index is 11.4. The van der Waals surface area contributed by atoms with Crippen LogP contribution in [0.4, 0.5) is 0 Å². The molecule has 7 heteroatoms. The molecule has 3 rings (SSSR count). The molecule has 1 aromatic carbocycles. The molecule has 1 amide bonds. The molecule has 0 spiro atoms. The Hall–Kier alpha value is -2.77. The zero-order chi connectivity index (χ0) is 20.1. The largest absolute Gasteiger partial charge is 0.493 e. The Bertz CT molecular complexity index is 962. The third kappa shape index (κ3) is 4.55. The van der Waals surface area contributed by atoms with E-state index in [-0.39, 0.29) is 0 Å². The van der Waals surface area contributed by atoms with Crippen LogP contribution in [0, 0.1) is 13.8 Å². The van der Waals surface area contributed by atoms with E-state index in [0.717, 1.165) is 39.6 Å². The molecule has 0 fully saturated rings. The Morgan fingerprint density at radius 3 is 2.57 bits per heavy atom. The molecule has 6 nitrogen and oxygen atoms in total. The number of rotatable bonds is 8. The van der Waals surface area contributed by atoms with E-state index in [4.69, 9.17) is 20.2 Å². The molecule has 146 valence electrons. The Kier molecular flexibility index (Phi) is 6.38. The number of hydrogen-bond acceptors (Lipinski definition) is 6. The highest BCUT2D eigenvalue weighted by atomic mass is 32.1. The minimum atomic E-state index is -0.479. The number of thiazole rings is 1. The van der Waals surface area contributed by atoms with E-state index in [1.54, 1.807) is 25.4 Å². The van der Waals surface area contributed by atoms with Crippen LogP contribution in [0.25, 0.3) is 22.0 Å². The van der Waals surface area contributed by atoms with Gasteiger partial charge < -0.3 is 15.2 Å². The molecule has 0 atom stereocenters. The van der Waals surface area contributed by atoms with E-state index in [9.17, 15) is 4.79 Å². The van der Waals surface area contributed by atoms with Crippen LogP contribution in [-0.4, -0.2) is 36.2 Å². The van der Waals surface area contributed by atoms with Gasteiger partial charge in [0.2, 0.25) is 5.91 Å². The summed E-state index contributed by atoms with van der Waals surface area (Å²) in [6, 6.07) is 7.32. The number of nitrogens with two attached hydrogens (primary N) is 1. The average Bonchev–Trinajstić information content (AvgIpc) is 3.14. The van der Waals surface area contributed by atoms with Crippen LogP contribution in [0.15, 0.2) is 35.8 Å². The first-order valence-electron chi connectivity index (χ1n) is 8.94. The maximum Gasteiger partial charge on any atom is 0.248 e. The highest BCUT2D eigenvalue weighted by Gasteiger charge is 2.14. The highest BCUT2D eigenvalue weighted by molar-refractivity contribution is 7.13. The normalized spacial score (nSPS) is 10.8. The number of carbonyl (C=O) groups is 1. The molecule has 0 radical (unpaired) electrons. The summed E-state index contributed by atoms with van der Waals surface area (Å²) in [6.45, 7) is 5.40. The van der Waals surface area contributed by atoms with E-state index >= 15 is 0 Å². The lowest BCUT2D eigenvalue weighted by molar-refractivity contribution is 0.1000. The van der Waals surface area contributed by atoms with Gasteiger partial charge in [-0.1, -0.05) is 0 Å². The molecular weight excluding hydrogens is 374 g/mol. The van der Waals surface area contributed by atoms with Gasteiger partial charge in [0.25, 0.3) is 0 Å². The predicted molar refractivity (Wildman–Crippen MR) is 111 cm³/mol. The summed E-state index contributed by atoms with van der Waals surface area (Å²) in [4.78, 5) is 20.5. The first kappa shape index (κ1) is 20.0. The Labute approximate surface area is 168 Å². The van der Waals surface area contributed by atoms with E-state index < -0.39 is 5.91 Å². The van der Waals surface area contributed by atoms with Crippen molar-refractivity contribution in [2.75, 3.05) is 20.3 Å². The summed E-state index contributed by atoms with van der Waals surface area (Å²) in [6.07, 6.45) is 2.42. The minimum absolute atomic E-state index is 0.420. The fraction of sp³-hybridized carbons (Fsp3) is 0.286. The lowest BCUT2D eigenvalue weighted by Crippen LogP contribution is -2.10. The second-order valence-electron chi connectivity index (χ2n) is 6.46. The smallest absolute Gasteiger partial charge is 0.248 e. The Morgan fingerprint density at radius 2 is 1.89 bits per heavy atom. The lowest BCUT2D eigenvalue weighted by Gasteiger charge is -2.12. The summed E-state index contributed by atoms with van der Waals surface area (Å²) >= 11 is 1.49. The van der Waals surface area contributed by atoms with Crippen molar-refractivity contribution in [3.05, 3.63) is 52.5 Å². The van der Waals surface area contributed by atoms with E-state index in [1.165, 1.54) is 11.3 Å². The van der Waals surface area contributed by atoms with Crippen LogP contribution in [-0.2, 0) is 4.74 Å². The zero-order valence-electron chi connectivity index (χ0n) is 16.2. The number of hydrogen-bond donors (Lipinski definition) is 1. The summed E-state index contributed by atoms with van der Waals surface area (Å²) in [7, 11) is 1.69. The van der Waals surface area contributed by atoms with Gasteiger partial charge in [0.05, 0.1) is 18.0 Å². The molecule has 0 saturated carbocycles. The van der Waals surface area contributed by atoms with Crippen molar-refractivity contribution < 1.29 is 14.3 Å². The third-order valence-corrected chi connectivity index (χ3v) is 5.16. The summed E-state index contributed by atoms with van der Waals surface area (Å²) in [5, 5.41) is 2.75. The molecule has 0 saturated heterocycles. The van der Waals surface area contributed by atoms with Crippen molar-refractivity contribution in [2.45, 2.75) is 20.3 Å². The number of aryl methyl sites for hydroxylation is 2. The average molecular weight is 398 g/mol. The van der Waals surface area contributed by atoms with Crippen molar-refractivity contribution in [3.8, 4) is 27.7 Å².